The topological polar surface area (TPSA) is 70.2 Å². The molecule has 1 heterocycles. The number of carbonyl (C=O) groups excluding carboxylic acids is 1. The molecular weight excluding hydrogens is 316 g/mol. The third-order valence-corrected chi connectivity index (χ3v) is 4.81. The molecule has 0 unspecified atom stereocenters. The molecule has 1 aliphatic carbocycles. The fourth-order valence-corrected chi connectivity index (χ4v) is 3.38. The van der Waals surface area contributed by atoms with Crippen molar-refractivity contribution in [1.29, 1.82) is 0 Å². The second-order valence-electron chi connectivity index (χ2n) is 7.00. The highest BCUT2D eigenvalue weighted by Crippen LogP contribution is 2.35. The van der Waals surface area contributed by atoms with E-state index in [1.165, 1.54) is 25.7 Å². The van der Waals surface area contributed by atoms with E-state index in [0.717, 1.165) is 41.1 Å². The predicted octanol–water partition coefficient (Wildman–Crippen LogP) is 4.64. The first-order valence-corrected chi connectivity index (χ1v) is 9.23. The van der Waals surface area contributed by atoms with Crippen molar-refractivity contribution in [3.63, 3.8) is 0 Å². The first kappa shape index (κ1) is 17.6. The lowest BCUT2D eigenvalue weighted by Gasteiger charge is -2.18. The number of aromatic nitrogens is 2. The zero-order valence-electron chi connectivity index (χ0n) is 15.4. The fourth-order valence-electron chi connectivity index (χ4n) is 3.38. The lowest BCUT2D eigenvalue weighted by atomic mass is 10.1. The number of rotatable bonds is 6. The van der Waals surface area contributed by atoms with Crippen molar-refractivity contribution in [3.8, 4) is 0 Å². The molecule has 1 fully saturated rings. The molecule has 6 heteroatoms. The van der Waals surface area contributed by atoms with Crippen LogP contribution in [0.25, 0.3) is 11.0 Å². The summed E-state index contributed by atoms with van der Waals surface area (Å²) in [7, 11) is 3.92. The van der Waals surface area contributed by atoms with Crippen molar-refractivity contribution >= 4 is 28.5 Å². The van der Waals surface area contributed by atoms with E-state index in [0.29, 0.717) is 12.5 Å². The molecule has 0 saturated heterocycles. The van der Waals surface area contributed by atoms with Gasteiger partial charge in [0.05, 0.1) is 29.0 Å². The highest BCUT2D eigenvalue weighted by molar-refractivity contribution is 5.95. The van der Waals surface area contributed by atoms with Gasteiger partial charge in [-0.3, -0.25) is 5.32 Å². The lowest BCUT2D eigenvalue weighted by Crippen LogP contribution is -2.18. The Balaban J connectivity index is 1.85. The number of aromatic amines is 1. The molecule has 0 atom stereocenters. The van der Waals surface area contributed by atoms with Crippen LogP contribution < -0.4 is 10.2 Å². The number of hydrogen-bond acceptors (Lipinski definition) is 4. The van der Waals surface area contributed by atoms with E-state index in [1.807, 2.05) is 31.1 Å². The van der Waals surface area contributed by atoms with E-state index in [4.69, 9.17) is 9.72 Å². The van der Waals surface area contributed by atoms with E-state index in [1.54, 1.807) is 0 Å². The summed E-state index contributed by atoms with van der Waals surface area (Å²) < 4.78 is 5.23. The highest BCUT2D eigenvalue weighted by atomic mass is 16.5. The Hall–Kier alpha value is -2.24. The van der Waals surface area contributed by atoms with Gasteiger partial charge in [-0.1, -0.05) is 26.2 Å². The van der Waals surface area contributed by atoms with Crippen LogP contribution in [0.2, 0.25) is 0 Å². The van der Waals surface area contributed by atoms with Crippen LogP contribution in [0, 0.1) is 0 Å². The normalized spacial score (nSPS) is 14.8. The van der Waals surface area contributed by atoms with Crippen molar-refractivity contribution in [1.82, 2.24) is 9.97 Å². The second-order valence-corrected chi connectivity index (χ2v) is 7.00. The van der Waals surface area contributed by atoms with Crippen LogP contribution in [-0.4, -0.2) is 36.8 Å². The van der Waals surface area contributed by atoms with Crippen LogP contribution in [0.4, 0.5) is 16.2 Å². The molecule has 136 valence electrons. The zero-order valence-corrected chi connectivity index (χ0v) is 15.4. The Bertz CT molecular complexity index is 732. The molecule has 25 heavy (non-hydrogen) atoms. The number of anilines is 2. The van der Waals surface area contributed by atoms with Gasteiger partial charge >= 0.3 is 6.09 Å². The summed E-state index contributed by atoms with van der Waals surface area (Å²) in [6, 6.07) is 3.98. The molecule has 0 radical (unpaired) electrons. The van der Waals surface area contributed by atoms with Gasteiger partial charge in [0.1, 0.15) is 5.82 Å². The number of ether oxygens (including phenoxy) is 1. The van der Waals surface area contributed by atoms with Crippen LogP contribution in [0.5, 0.6) is 0 Å². The number of unbranched alkanes of at least 4 members (excludes halogenated alkanes) is 1. The molecule has 1 aromatic heterocycles. The Kier molecular flexibility index (Phi) is 5.46. The number of carbonyl (C=O) groups is 1. The molecule has 2 aromatic rings. The van der Waals surface area contributed by atoms with Crippen LogP contribution in [0.3, 0.4) is 0 Å². The maximum atomic E-state index is 12.0. The fraction of sp³-hybridized carbons (Fsp3) is 0.579. The van der Waals surface area contributed by atoms with E-state index < -0.39 is 6.09 Å². The van der Waals surface area contributed by atoms with Crippen molar-refractivity contribution < 1.29 is 9.53 Å². The Labute approximate surface area is 149 Å². The van der Waals surface area contributed by atoms with Gasteiger partial charge in [-0.2, -0.15) is 0 Å². The van der Waals surface area contributed by atoms with Gasteiger partial charge in [-0.25, -0.2) is 9.78 Å². The average molecular weight is 344 g/mol. The van der Waals surface area contributed by atoms with Crippen molar-refractivity contribution in [2.24, 2.45) is 0 Å². The molecule has 1 saturated carbocycles. The van der Waals surface area contributed by atoms with Crippen LogP contribution >= 0.6 is 0 Å². The summed E-state index contributed by atoms with van der Waals surface area (Å²) in [5, 5.41) is 2.87. The first-order chi connectivity index (χ1) is 12.1. The Morgan fingerprint density at radius 2 is 2.12 bits per heavy atom. The molecule has 1 aromatic carbocycles. The third kappa shape index (κ3) is 4.06. The molecule has 1 aliphatic rings. The van der Waals surface area contributed by atoms with Gasteiger partial charge in [0.2, 0.25) is 0 Å². The summed E-state index contributed by atoms with van der Waals surface area (Å²) in [4.78, 5) is 22.3. The minimum absolute atomic E-state index is 0.411. The van der Waals surface area contributed by atoms with E-state index in [2.05, 4.69) is 17.2 Å². The van der Waals surface area contributed by atoms with Crippen molar-refractivity contribution in [2.75, 3.05) is 30.9 Å². The molecule has 6 nitrogen and oxygen atoms in total. The summed E-state index contributed by atoms with van der Waals surface area (Å²) in [5.74, 6) is 1.60. The smallest absolute Gasteiger partial charge is 0.411 e. The summed E-state index contributed by atoms with van der Waals surface area (Å²) >= 11 is 0. The monoisotopic (exact) mass is 344 g/mol. The molecule has 3 rings (SSSR count). The Morgan fingerprint density at radius 1 is 1.36 bits per heavy atom. The summed E-state index contributed by atoms with van der Waals surface area (Å²) in [5.41, 5.74) is 3.55. The second kappa shape index (κ2) is 7.76. The number of amides is 1. The number of fused-ring (bicyclic) bond motifs is 1. The number of nitrogens with one attached hydrogen (secondary N) is 2. The molecule has 0 aliphatic heterocycles. The van der Waals surface area contributed by atoms with E-state index >= 15 is 0 Å². The van der Waals surface area contributed by atoms with Crippen molar-refractivity contribution in [2.45, 2.75) is 51.4 Å². The molecule has 0 bridgehead atoms. The van der Waals surface area contributed by atoms with Gasteiger partial charge in [0.25, 0.3) is 0 Å². The molecule has 0 spiro atoms. The molecule has 1 amide bonds. The average Bonchev–Trinajstić information content (AvgIpc) is 3.23. The first-order valence-electron chi connectivity index (χ1n) is 9.23. The molecule has 2 N–H and O–H groups in total. The minimum atomic E-state index is -0.411. The van der Waals surface area contributed by atoms with Gasteiger partial charge in [0, 0.05) is 20.0 Å². The van der Waals surface area contributed by atoms with Gasteiger partial charge in [-0.15, -0.1) is 0 Å². The van der Waals surface area contributed by atoms with Gasteiger partial charge < -0.3 is 14.6 Å². The predicted molar refractivity (Wildman–Crippen MR) is 102 cm³/mol. The summed E-state index contributed by atoms with van der Waals surface area (Å²) in [6.07, 6.45) is 6.43. The minimum Gasteiger partial charge on any atom is -0.449 e. The van der Waals surface area contributed by atoms with Gasteiger partial charge in [-0.05, 0) is 31.4 Å². The third-order valence-electron chi connectivity index (χ3n) is 4.81. The van der Waals surface area contributed by atoms with Crippen LogP contribution in [0.1, 0.15) is 57.2 Å². The number of H-pyrrole nitrogens is 1. The zero-order chi connectivity index (χ0) is 17.8. The lowest BCUT2D eigenvalue weighted by molar-refractivity contribution is 0.160. The number of benzene rings is 1. The quantitative estimate of drug-likeness (QED) is 0.749. The molecular formula is C19H28N4O2. The SMILES string of the molecule is CCCCOC(=O)Nc1cc2[nH]c(C3CCCC3)nc2cc1N(C)C. The summed E-state index contributed by atoms with van der Waals surface area (Å²) in [6.45, 7) is 2.51. The van der Waals surface area contributed by atoms with E-state index in [-0.39, 0.29) is 0 Å². The van der Waals surface area contributed by atoms with Crippen LogP contribution in [-0.2, 0) is 4.74 Å². The number of imidazole rings is 1. The van der Waals surface area contributed by atoms with Crippen molar-refractivity contribution in [3.05, 3.63) is 18.0 Å². The Morgan fingerprint density at radius 3 is 2.80 bits per heavy atom. The maximum absolute atomic E-state index is 12.0. The standard InChI is InChI=1S/C19H28N4O2/c1-4-5-10-25-19(24)22-16-11-14-15(12-17(16)23(2)3)21-18(20-14)13-8-6-7-9-13/h11-13H,4-10H2,1-3H3,(H,20,21)(H,22,24). The van der Waals surface area contributed by atoms with Gasteiger partial charge in [0.15, 0.2) is 0 Å². The largest absolute Gasteiger partial charge is 0.449 e. The van der Waals surface area contributed by atoms with Crippen LogP contribution in [0.15, 0.2) is 12.1 Å². The van der Waals surface area contributed by atoms with E-state index in [9.17, 15) is 4.79 Å². The number of nitrogens with zero attached hydrogens (tertiary/aromatic N) is 2. The number of hydrogen-bond donors (Lipinski definition) is 2. The maximum Gasteiger partial charge on any atom is 0.411 e. The highest BCUT2D eigenvalue weighted by Gasteiger charge is 2.21.